The molecule has 20 heavy (non-hydrogen) atoms. The fourth-order valence-electron chi connectivity index (χ4n) is 2.30. The fraction of sp³-hybridized carbons (Fsp3) is 0.500. The van der Waals surface area contributed by atoms with Gasteiger partial charge in [-0.2, -0.15) is 0 Å². The Bertz CT molecular complexity index is 447. The van der Waals surface area contributed by atoms with Crippen LogP contribution in [0.1, 0.15) is 18.9 Å². The van der Waals surface area contributed by atoms with E-state index in [1.54, 1.807) is 18.2 Å². The fourth-order valence-corrected chi connectivity index (χ4v) is 2.83. The molecule has 0 spiro atoms. The Kier molecular flexibility index (Phi) is 7.10. The molecule has 1 aromatic carbocycles. The van der Waals surface area contributed by atoms with Crippen LogP contribution in [0.3, 0.4) is 0 Å². The first kappa shape index (κ1) is 17.6. The first-order chi connectivity index (χ1) is 9.08. The van der Waals surface area contributed by atoms with Crippen molar-refractivity contribution in [2.45, 2.75) is 25.8 Å². The van der Waals surface area contributed by atoms with E-state index in [0.29, 0.717) is 21.5 Å². The Morgan fingerprint density at radius 1 is 1.40 bits per heavy atom. The lowest BCUT2D eigenvalue weighted by Gasteiger charge is -2.30. The highest BCUT2D eigenvalue weighted by Crippen LogP contribution is 2.24. The standard InChI is InChI=1S/C14H18Cl2N2O.ClH/c1-9-5-6-17-8-13(9)18-14(19)7-10-11(15)3-2-4-12(10)16;/h2-4,9,13,17H,5-8H2,1H3,(H,18,19);1H. The van der Waals surface area contributed by atoms with Crippen LogP contribution < -0.4 is 10.6 Å². The molecular weight excluding hydrogens is 319 g/mol. The summed E-state index contributed by atoms with van der Waals surface area (Å²) in [6, 6.07) is 5.46. The van der Waals surface area contributed by atoms with Crippen LogP contribution in [0.25, 0.3) is 0 Å². The lowest BCUT2D eigenvalue weighted by Crippen LogP contribution is -2.50. The number of nitrogens with one attached hydrogen (secondary N) is 2. The molecule has 6 heteroatoms. The van der Waals surface area contributed by atoms with Gasteiger partial charge in [-0.25, -0.2) is 0 Å². The highest BCUT2D eigenvalue weighted by molar-refractivity contribution is 6.36. The van der Waals surface area contributed by atoms with Gasteiger partial charge in [0.15, 0.2) is 0 Å². The zero-order valence-electron chi connectivity index (χ0n) is 11.3. The van der Waals surface area contributed by atoms with Crippen molar-refractivity contribution in [1.29, 1.82) is 0 Å². The molecule has 0 aromatic heterocycles. The third-order valence-corrected chi connectivity index (χ3v) is 4.28. The summed E-state index contributed by atoms with van der Waals surface area (Å²) in [5.41, 5.74) is 0.694. The molecule has 2 rings (SSSR count). The van der Waals surface area contributed by atoms with Crippen LogP contribution in [0, 0.1) is 5.92 Å². The molecule has 0 saturated carbocycles. The minimum Gasteiger partial charge on any atom is -0.352 e. The maximum atomic E-state index is 12.1. The second-order valence-corrected chi connectivity index (χ2v) is 5.84. The Morgan fingerprint density at radius 3 is 2.65 bits per heavy atom. The van der Waals surface area contributed by atoms with Gasteiger partial charge in [0.1, 0.15) is 0 Å². The largest absolute Gasteiger partial charge is 0.352 e. The van der Waals surface area contributed by atoms with Crippen molar-refractivity contribution in [3.8, 4) is 0 Å². The van der Waals surface area contributed by atoms with E-state index < -0.39 is 0 Å². The van der Waals surface area contributed by atoms with Gasteiger partial charge >= 0.3 is 0 Å². The Labute approximate surface area is 135 Å². The molecule has 2 unspecified atom stereocenters. The first-order valence-electron chi connectivity index (χ1n) is 6.51. The molecule has 2 atom stereocenters. The van der Waals surface area contributed by atoms with Crippen molar-refractivity contribution in [1.82, 2.24) is 10.6 Å². The summed E-state index contributed by atoms with van der Waals surface area (Å²) in [6.07, 6.45) is 1.31. The summed E-state index contributed by atoms with van der Waals surface area (Å²) in [5.74, 6) is 0.461. The molecule has 2 N–H and O–H groups in total. The number of carbonyl (C=O) groups is 1. The van der Waals surface area contributed by atoms with Crippen LogP contribution >= 0.6 is 35.6 Å². The highest BCUT2D eigenvalue weighted by Gasteiger charge is 2.23. The molecule has 0 radical (unpaired) electrons. The molecule has 1 saturated heterocycles. The SMILES string of the molecule is CC1CCNCC1NC(=O)Cc1c(Cl)cccc1Cl.Cl. The number of amides is 1. The van der Waals surface area contributed by atoms with Gasteiger partial charge in [0.05, 0.1) is 6.42 Å². The Morgan fingerprint density at radius 2 is 2.05 bits per heavy atom. The van der Waals surface area contributed by atoms with E-state index in [9.17, 15) is 4.79 Å². The van der Waals surface area contributed by atoms with E-state index in [1.807, 2.05) is 0 Å². The highest BCUT2D eigenvalue weighted by atomic mass is 35.5. The molecule has 1 amide bonds. The van der Waals surface area contributed by atoms with Crippen LogP contribution in [-0.4, -0.2) is 25.0 Å². The molecule has 112 valence electrons. The van der Waals surface area contributed by atoms with Crippen LogP contribution in [0.15, 0.2) is 18.2 Å². The number of halogens is 3. The predicted octanol–water partition coefficient (Wildman–Crippen LogP) is 3.07. The zero-order valence-corrected chi connectivity index (χ0v) is 13.6. The van der Waals surface area contributed by atoms with Crippen molar-refractivity contribution < 1.29 is 4.79 Å². The number of benzene rings is 1. The van der Waals surface area contributed by atoms with Crippen molar-refractivity contribution in [2.24, 2.45) is 5.92 Å². The van der Waals surface area contributed by atoms with Crippen molar-refractivity contribution in [3.05, 3.63) is 33.8 Å². The summed E-state index contributed by atoms with van der Waals surface area (Å²) in [7, 11) is 0. The van der Waals surface area contributed by atoms with E-state index in [1.165, 1.54) is 0 Å². The third-order valence-electron chi connectivity index (χ3n) is 3.57. The quantitative estimate of drug-likeness (QED) is 0.890. The molecule has 0 bridgehead atoms. The summed E-state index contributed by atoms with van der Waals surface area (Å²) in [5, 5.41) is 7.42. The van der Waals surface area contributed by atoms with Crippen molar-refractivity contribution >= 4 is 41.5 Å². The van der Waals surface area contributed by atoms with E-state index in [0.717, 1.165) is 19.5 Å². The molecule has 1 aliphatic heterocycles. The van der Waals surface area contributed by atoms with Crippen LogP contribution in [-0.2, 0) is 11.2 Å². The van der Waals surface area contributed by atoms with Crippen LogP contribution in [0.4, 0.5) is 0 Å². The number of piperidine rings is 1. The average molecular weight is 338 g/mol. The molecule has 1 heterocycles. The van der Waals surface area contributed by atoms with Crippen molar-refractivity contribution in [3.63, 3.8) is 0 Å². The predicted molar refractivity (Wildman–Crippen MR) is 86.0 cm³/mol. The van der Waals surface area contributed by atoms with Gasteiger partial charge in [-0.15, -0.1) is 12.4 Å². The Hall–Kier alpha value is -0.480. The number of hydrogen-bond donors (Lipinski definition) is 2. The van der Waals surface area contributed by atoms with Crippen LogP contribution in [0.5, 0.6) is 0 Å². The molecule has 1 aromatic rings. The molecular formula is C14H19Cl3N2O. The van der Waals surface area contributed by atoms with Crippen LogP contribution in [0.2, 0.25) is 10.0 Å². The zero-order chi connectivity index (χ0) is 13.8. The first-order valence-corrected chi connectivity index (χ1v) is 7.26. The average Bonchev–Trinajstić information content (AvgIpc) is 2.37. The number of rotatable bonds is 3. The minimum absolute atomic E-state index is 0. The normalized spacial score (nSPS) is 21.9. The summed E-state index contributed by atoms with van der Waals surface area (Å²) in [6.45, 7) is 4.00. The lowest BCUT2D eigenvalue weighted by molar-refractivity contribution is -0.121. The lowest BCUT2D eigenvalue weighted by atomic mass is 9.94. The Balaban J connectivity index is 0.00000200. The monoisotopic (exact) mass is 336 g/mol. The molecule has 1 fully saturated rings. The van der Waals surface area contributed by atoms with Gasteiger partial charge in [-0.3, -0.25) is 4.79 Å². The molecule has 0 aliphatic carbocycles. The maximum Gasteiger partial charge on any atom is 0.224 e. The molecule has 1 aliphatic rings. The summed E-state index contributed by atoms with van der Waals surface area (Å²) < 4.78 is 0. The second-order valence-electron chi connectivity index (χ2n) is 5.02. The van der Waals surface area contributed by atoms with Gasteiger partial charge < -0.3 is 10.6 Å². The van der Waals surface area contributed by atoms with Gasteiger partial charge in [-0.05, 0) is 36.6 Å². The van der Waals surface area contributed by atoms with Gasteiger partial charge in [0, 0.05) is 22.6 Å². The number of carbonyl (C=O) groups excluding carboxylic acids is 1. The number of hydrogen-bond acceptors (Lipinski definition) is 2. The smallest absolute Gasteiger partial charge is 0.224 e. The van der Waals surface area contributed by atoms with E-state index in [4.69, 9.17) is 23.2 Å². The second kappa shape index (κ2) is 8.08. The molecule has 3 nitrogen and oxygen atoms in total. The summed E-state index contributed by atoms with van der Waals surface area (Å²) >= 11 is 12.1. The third kappa shape index (κ3) is 4.52. The van der Waals surface area contributed by atoms with E-state index in [-0.39, 0.29) is 30.8 Å². The summed E-state index contributed by atoms with van der Waals surface area (Å²) in [4.78, 5) is 12.1. The van der Waals surface area contributed by atoms with E-state index in [2.05, 4.69) is 17.6 Å². The van der Waals surface area contributed by atoms with E-state index >= 15 is 0 Å². The topological polar surface area (TPSA) is 41.1 Å². The van der Waals surface area contributed by atoms with Gasteiger partial charge in [0.25, 0.3) is 0 Å². The maximum absolute atomic E-state index is 12.1. The van der Waals surface area contributed by atoms with Gasteiger partial charge in [-0.1, -0.05) is 36.2 Å². The van der Waals surface area contributed by atoms with Crippen molar-refractivity contribution in [2.75, 3.05) is 13.1 Å². The minimum atomic E-state index is -0.0319. The van der Waals surface area contributed by atoms with Gasteiger partial charge in [0.2, 0.25) is 5.91 Å².